The highest BCUT2D eigenvalue weighted by Gasteiger charge is 2.59. The molecule has 2 heterocycles. The molecule has 18 heavy (non-hydrogen) atoms. The molecular formula is C13H17BN2O2. The van der Waals surface area contributed by atoms with Gasteiger partial charge in [0.15, 0.2) is 6.61 Å². The molecular weight excluding hydrogens is 227 g/mol. The van der Waals surface area contributed by atoms with Gasteiger partial charge in [-0.1, -0.05) is 19.9 Å². The van der Waals surface area contributed by atoms with Crippen LogP contribution in [0.5, 0.6) is 5.88 Å². The van der Waals surface area contributed by atoms with Crippen molar-refractivity contribution < 1.29 is 9.39 Å². The van der Waals surface area contributed by atoms with Crippen LogP contribution in [0.15, 0.2) is 18.3 Å². The average molecular weight is 244 g/mol. The van der Waals surface area contributed by atoms with Crippen molar-refractivity contribution in [3.05, 3.63) is 18.3 Å². The minimum Gasteiger partial charge on any atom is -0.462 e. The lowest BCUT2D eigenvalue weighted by Crippen LogP contribution is -2.66. The average Bonchev–Trinajstić information content (AvgIpc) is 2.34. The van der Waals surface area contributed by atoms with Crippen LogP contribution in [-0.2, 0) is 4.65 Å². The van der Waals surface area contributed by atoms with Gasteiger partial charge in [0.2, 0.25) is 5.88 Å². The van der Waals surface area contributed by atoms with E-state index >= 15 is 0 Å². The zero-order valence-electron chi connectivity index (χ0n) is 11.2. The molecule has 5 heteroatoms. The zero-order chi connectivity index (χ0) is 13.4. The molecule has 1 aromatic rings. The summed E-state index contributed by atoms with van der Waals surface area (Å²) in [5, 5.41) is 8.49. The SMILES string of the molecule is CC1(C)OB(c2ccc(OCC#N)nc2)C1(C)C. The van der Waals surface area contributed by atoms with Gasteiger partial charge >= 0.3 is 6.92 Å². The number of nitrogens with zero attached hydrogens (tertiary/aromatic N) is 2. The van der Waals surface area contributed by atoms with Gasteiger partial charge in [0, 0.05) is 17.1 Å². The molecule has 94 valence electrons. The first kappa shape index (κ1) is 12.9. The number of hydrogen-bond donors (Lipinski definition) is 0. The van der Waals surface area contributed by atoms with Gasteiger partial charge in [-0.3, -0.25) is 0 Å². The van der Waals surface area contributed by atoms with Crippen LogP contribution < -0.4 is 10.2 Å². The van der Waals surface area contributed by atoms with E-state index < -0.39 is 0 Å². The Kier molecular flexibility index (Phi) is 3.08. The summed E-state index contributed by atoms with van der Waals surface area (Å²) in [4.78, 5) is 4.18. The maximum atomic E-state index is 8.42. The van der Waals surface area contributed by atoms with E-state index in [0.717, 1.165) is 5.46 Å². The lowest BCUT2D eigenvalue weighted by molar-refractivity contribution is -0.00942. The highest BCUT2D eigenvalue weighted by molar-refractivity contribution is 6.73. The molecule has 2 rings (SSSR count). The fraction of sp³-hybridized carbons (Fsp3) is 0.538. The molecule has 1 saturated heterocycles. The van der Waals surface area contributed by atoms with Crippen molar-refractivity contribution in [3.63, 3.8) is 0 Å². The Labute approximate surface area is 108 Å². The minimum atomic E-state index is -0.117. The first-order chi connectivity index (χ1) is 8.38. The second-order valence-corrected chi connectivity index (χ2v) is 5.61. The van der Waals surface area contributed by atoms with E-state index in [4.69, 9.17) is 14.7 Å². The Hall–Kier alpha value is -1.54. The van der Waals surface area contributed by atoms with Crippen molar-refractivity contribution in [2.24, 2.45) is 0 Å². The molecule has 0 spiro atoms. The first-order valence-electron chi connectivity index (χ1n) is 6.02. The summed E-state index contributed by atoms with van der Waals surface area (Å²) in [6.07, 6.45) is 1.76. The largest absolute Gasteiger partial charge is 0.462 e. The normalized spacial score (nSPS) is 19.8. The fourth-order valence-electron chi connectivity index (χ4n) is 2.07. The Balaban J connectivity index is 2.10. The third kappa shape index (κ3) is 1.97. The molecule has 0 aliphatic carbocycles. The quantitative estimate of drug-likeness (QED) is 0.760. The number of nitriles is 1. The van der Waals surface area contributed by atoms with Crippen LogP contribution >= 0.6 is 0 Å². The topological polar surface area (TPSA) is 55.1 Å². The molecule has 0 unspecified atom stereocenters. The fourth-order valence-corrected chi connectivity index (χ4v) is 2.07. The van der Waals surface area contributed by atoms with E-state index in [2.05, 4.69) is 32.7 Å². The Morgan fingerprint density at radius 1 is 1.39 bits per heavy atom. The molecule has 1 fully saturated rings. The lowest BCUT2D eigenvalue weighted by Gasteiger charge is -2.56. The van der Waals surface area contributed by atoms with E-state index in [1.54, 1.807) is 12.3 Å². The summed E-state index contributed by atoms with van der Waals surface area (Å²) in [7, 11) is 0. The van der Waals surface area contributed by atoms with Crippen LogP contribution in [0.3, 0.4) is 0 Å². The molecule has 0 radical (unpaired) electrons. The first-order valence-corrected chi connectivity index (χ1v) is 6.02. The van der Waals surface area contributed by atoms with Gasteiger partial charge in [0.1, 0.15) is 6.07 Å². The molecule has 0 bridgehead atoms. The van der Waals surface area contributed by atoms with Gasteiger partial charge in [-0.05, 0) is 25.4 Å². The third-order valence-electron chi connectivity index (χ3n) is 3.97. The van der Waals surface area contributed by atoms with Gasteiger partial charge in [-0.2, -0.15) is 5.26 Å². The highest BCUT2D eigenvalue weighted by atomic mass is 16.5. The summed E-state index contributed by atoms with van der Waals surface area (Å²) < 4.78 is 11.0. The maximum Gasteiger partial charge on any atom is 0.337 e. The molecule has 1 aromatic heterocycles. The molecule has 0 saturated carbocycles. The van der Waals surface area contributed by atoms with Crippen molar-refractivity contribution in [1.29, 1.82) is 5.26 Å². The minimum absolute atomic E-state index is 0.0187. The van der Waals surface area contributed by atoms with Crippen LogP contribution in [0.2, 0.25) is 5.31 Å². The molecule has 0 atom stereocenters. The van der Waals surface area contributed by atoms with Crippen LogP contribution in [-0.4, -0.2) is 24.1 Å². The second-order valence-electron chi connectivity index (χ2n) is 5.61. The van der Waals surface area contributed by atoms with Gasteiger partial charge < -0.3 is 9.39 Å². The number of pyridine rings is 1. The van der Waals surface area contributed by atoms with Gasteiger partial charge in [-0.15, -0.1) is 0 Å². The summed E-state index contributed by atoms with van der Waals surface area (Å²) >= 11 is 0. The van der Waals surface area contributed by atoms with E-state index in [1.165, 1.54) is 0 Å². The van der Waals surface area contributed by atoms with Gasteiger partial charge in [0.25, 0.3) is 0 Å². The molecule has 1 aliphatic rings. The highest BCUT2D eigenvalue weighted by Crippen LogP contribution is 2.52. The summed E-state index contributed by atoms with van der Waals surface area (Å²) in [6, 6.07) is 5.63. The number of rotatable bonds is 3. The monoisotopic (exact) mass is 244 g/mol. The zero-order valence-corrected chi connectivity index (χ0v) is 11.2. The molecule has 0 aromatic carbocycles. The number of aromatic nitrogens is 1. The molecule has 0 N–H and O–H groups in total. The summed E-state index contributed by atoms with van der Waals surface area (Å²) in [5.41, 5.74) is 0.928. The number of ether oxygens (including phenoxy) is 1. The van der Waals surface area contributed by atoms with Crippen LogP contribution in [0.4, 0.5) is 0 Å². The van der Waals surface area contributed by atoms with Crippen LogP contribution in [0, 0.1) is 11.3 Å². The summed E-state index contributed by atoms with van der Waals surface area (Å²) in [5.74, 6) is 0.469. The standard InChI is InChI=1S/C13H17BN2O2/c1-12(2)13(3,4)18-14(12)10-5-6-11(16-9-10)17-8-7-15/h5-6,9H,8H2,1-4H3. The summed E-state index contributed by atoms with van der Waals surface area (Å²) in [6.45, 7) is 8.67. The maximum absolute atomic E-state index is 8.42. The van der Waals surface area contributed by atoms with Crippen LogP contribution in [0.1, 0.15) is 27.7 Å². The van der Waals surface area contributed by atoms with E-state index in [-0.39, 0.29) is 24.4 Å². The van der Waals surface area contributed by atoms with E-state index in [9.17, 15) is 0 Å². The van der Waals surface area contributed by atoms with Crippen LogP contribution in [0.25, 0.3) is 0 Å². The Bertz CT molecular complexity index is 477. The Morgan fingerprint density at radius 3 is 2.56 bits per heavy atom. The molecule has 1 aliphatic heterocycles. The predicted octanol–water partition coefficient (Wildman–Crippen LogP) is 1.77. The second kappa shape index (κ2) is 4.29. The van der Waals surface area contributed by atoms with E-state index in [0.29, 0.717) is 5.88 Å². The smallest absolute Gasteiger partial charge is 0.337 e. The Morgan fingerprint density at radius 2 is 2.11 bits per heavy atom. The third-order valence-corrected chi connectivity index (χ3v) is 3.97. The van der Waals surface area contributed by atoms with Crippen molar-refractivity contribution in [3.8, 4) is 11.9 Å². The van der Waals surface area contributed by atoms with Gasteiger partial charge in [-0.25, -0.2) is 4.98 Å². The number of hydrogen-bond acceptors (Lipinski definition) is 4. The van der Waals surface area contributed by atoms with Crippen molar-refractivity contribution in [1.82, 2.24) is 4.98 Å². The van der Waals surface area contributed by atoms with Crippen molar-refractivity contribution in [2.75, 3.05) is 6.61 Å². The molecule has 4 nitrogen and oxygen atoms in total. The van der Waals surface area contributed by atoms with E-state index in [1.807, 2.05) is 12.1 Å². The molecule has 0 amide bonds. The van der Waals surface area contributed by atoms with Crippen molar-refractivity contribution in [2.45, 2.75) is 38.6 Å². The van der Waals surface area contributed by atoms with Gasteiger partial charge in [0.05, 0.1) is 0 Å². The predicted molar refractivity (Wildman–Crippen MR) is 69.9 cm³/mol. The van der Waals surface area contributed by atoms with Crippen molar-refractivity contribution >= 4 is 12.4 Å². The lowest BCUT2D eigenvalue weighted by atomic mass is 9.33.